The molecule has 3 rings (SSSR count). The number of carbonyl (C=O) groups excluding carboxylic acids is 1. The van der Waals surface area contributed by atoms with Crippen LogP contribution in [0.3, 0.4) is 0 Å². The molecule has 2 aromatic carbocycles. The Morgan fingerprint density at radius 3 is 2.57 bits per heavy atom. The van der Waals surface area contributed by atoms with Gasteiger partial charge in [-0.05, 0) is 54.3 Å². The summed E-state index contributed by atoms with van der Waals surface area (Å²) >= 11 is 0. The highest BCUT2D eigenvalue weighted by atomic mass is 19.4. The standard InChI is InChI=1S/C21H21F3N2O2/c1-2-28-17-10-11-18-15(12-17)4-3-5-19(18)26-20(27)25-13-14-6-8-16(9-7-14)21(22,23)24/h3-10H,2,11-13H2,1H3,(H2,25,26,27). The number of ether oxygens (including phenoxy) is 1. The van der Waals surface area contributed by atoms with Crippen LogP contribution in [0.1, 0.15) is 29.2 Å². The molecule has 2 amide bonds. The van der Waals surface area contributed by atoms with Crippen LogP contribution in [0.25, 0.3) is 0 Å². The van der Waals surface area contributed by atoms with E-state index in [1.54, 1.807) is 0 Å². The molecule has 0 aliphatic heterocycles. The fraction of sp³-hybridized carbons (Fsp3) is 0.286. The highest BCUT2D eigenvalue weighted by molar-refractivity contribution is 5.90. The zero-order valence-corrected chi connectivity index (χ0v) is 15.4. The minimum absolute atomic E-state index is 0.132. The summed E-state index contributed by atoms with van der Waals surface area (Å²) < 4.78 is 43.3. The molecule has 0 saturated heterocycles. The van der Waals surface area contributed by atoms with E-state index in [9.17, 15) is 18.0 Å². The van der Waals surface area contributed by atoms with Crippen LogP contribution in [-0.2, 0) is 30.3 Å². The second kappa shape index (κ2) is 8.37. The Labute approximate surface area is 161 Å². The number of halogens is 3. The normalized spacial score (nSPS) is 13.4. The molecule has 0 fully saturated rings. The number of hydrogen-bond acceptors (Lipinski definition) is 2. The monoisotopic (exact) mass is 390 g/mol. The quantitative estimate of drug-likeness (QED) is 0.751. The first-order valence-electron chi connectivity index (χ1n) is 9.00. The first-order valence-corrected chi connectivity index (χ1v) is 9.00. The number of allylic oxidation sites excluding steroid dienone is 2. The molecule has 0 radical (unpaired) electrons. The lowest BCUT2D eigenvalue weighted by Crippen LogP contribution is -2.29. The topological polar surface area (TPSA) is 50.4 Å². The van der Waals surface area contributed by atoms with E-state index in [2.05, 4.69) is 10.6 Å². The van der Waals surface area contributed by atoms with Gasteiger partial charge in [0.15, 0.2) is 0 Å². The van der Waals surface area contributed by atoms with Crippen LogP contribution in [0.4, 0.5) is 23.7 Å². The molecule has 148 valence electrons. The number of benzene rings is 2. The molecule has 0 unspecified atom stereocenters. The van der Waals surface area contributed by atoms with Gasteiger partial charge in [0.25, 0.3) is 0 Å². The second-order valence-electron chi connectivity index (χ2n) is 6.43. The maximum Gasteiger partial charge on any atom is 0.416 e. The number of hydrogen-bond donors (Lipinski definition) is 2. The Morgan fingerprint density at radius 2 is 1.89 bits per heavy atom. The van der Waals surface area contributed by atoms with Crippen LogP contribution < -0.4 is 10.6 Å². The average Bonchev–Trinajstić information content (AvgIpc) is 2.66. The van der Waals surface area contributed by atoms with Crippen molar-refractivity contribution in [1.82, 2.24) is 5.32 Å². The number of anilines is 1. The number of urea groups is 1. The molecule has 1 aliphatic rings. The molecule has 4 nitrogen and oxygen atoms in total. The van der Waals surface area contributed by atoms with Gasteiger partial charge in [0.1, 0.15) is 0 Å². The molecule has 0 heterocycles. The van der Waals surface area contributed by atoms with Crippen molar-refractivity contribution >= 4 is 11.7 Å². The minimum Gasteiger partial charge on any atom is -0.498 e. The first kappa shape index (κ1) is 19.8. The van der Waals surface area contributed by atoms with E-state index in [1.807, 2.05) is 31.2 Å². The number of alkyl halides is 3. The maximum absolute atomic E-state index is 12.6. The summed E-state index contributed by atoms with van der Waals surface area (Å²) in [5.41, 5.74) is 2.73. The Kier molecular flexibility index (Phi) is 5.92. The number of carbonyl (C=O) groups is 1. The molecular weight excluding hydrogens is 369 g/mol. The summed E-state index contributed by atoms with van der Waals surface area (Å²) in [5.74, 6) is 0.930. The van der Waals surface area contributed by atoms with Crippen LogP contribution in [0, 0.1) is 0 Å². The van der Waals surface area contributed by atoms with Gasteiger partial charge in [0.2, 0.25) is 0 Å². The number of nitrogens with one attached hydrogen (secondary N) is 2. The summed E-state index contributed by atoms with van der Waals surface area (Å²) in [7, 11) is 0. The molecule has 0 spiro atoms. The third-order valence-electron chi connectivity index (χ3n) is 4.48. The smallest absolute Gasteiger partial charge is 0.416 e. The zero-order valence-electron chi connectivity index (χ0n) is 15.4. The minimum atomic E-state index is -4.37. The van der Waals surface area contributed by atoms with Crippen molar-refractivity contribution in [3.63, 3.8) is 0 Å². The fourth-order valence-electron chi connectivity index (χ4n) is 3.09. The van der Waals surface area contributed by atoms with Crippen molar-refractivity contribution in [1.29, 1.82) is 0 Å². The predicted molar refractivity (Wildman–Crippen MR) is 101 cm³/mol. The lowest BCUT2D eigenvalue weighted by atomic mass is 9.94. The van der Waals surface area contributed by atoms with Gasteiger partial charge < -0.3 is 15.4 Å². The lowest BCUT2D eigenvalue weighted by molar-refractivity contribution is -0.137. The Balaban J connectivity index is 1.59. The summed E-state index contributed by atoms with van der Waals surface area (Å²) in [6, 6.07) is 10.0. The van der Waals surface area contributed by atoms with Crippen molar-refractivity contribution < 1.29 is 22.7 Å². The van der Waals surface area contributed by atoms with Crippen molar-refractivity contribution in [2.45, 2.75) is 32.5 Å². The molecule has 2 N–H and O–H groups in total. The van der Waals surface area contributed by atoms with Gasteiger partial charge in [-0.1, -0.05) is 24.3 Å². The highest BCUT2D eigenvalue weighted by Gasteiger charge is 2.29. The van der Waals surface area contributed by atoms with Gasteiger partial charge in [0, 0.05) is 18.7 Å². The van der Waals surface area contributed by atoms with Gasteiger partial charge in [-0.2, -0.15) is 13.2 Å². The van der Waals surface area contributed by atoms with Crippen LogP contribution in [0.2, 0.25) is 0 Å². The molecular formula is C21H21F3N2O2. The second-order valence-corrected chi connectivity index (χ2v) is 6.43. The Hall–Kier alpha value is -2.96. The van der Waals surface area contributed by atoms with Crippen LogP contribution >= 0.6 is 0 Å². The van der Waals surface area contributed by atoms with Crippen molar-refractivity contribution in [2.75, 3.05) is 11.9 Å². The SMILES string of the molecule is CCOC1=CCc2c(cccc2NC(=O)NCc2ccc(C(F)(F)F)cc2)C1. The summed E-state index contributed by atoms with van der Waals surface area (Å²) in [4.78, 5) is 12.2. The number of fused-ring (bicyclic) bond motifs is 1. The van der Waals surface area contributed by atoms with Crippen LogP contribution in [-0.4, -0.2) is 12.6 Å². The third kappa shape index (κ3) is 4.85. The average molecular weight is 390 g/mol. The molecule has 2 aromatic rings. The number of amides is 2. The molecule has 0 bridgehead atoms. The largest absolute Gasteiger partial charge is 0.498 e. The van der Waals surface area contributed by atoms with E-state index in [0.29, 0.717) is 30.7 Å². The van der Waals surface area contributed by atoms with Gasteiger partial charge in [0.05, 0.1) is 17.9 Å². The summed E-state index contributed by atoms with van der Waals surface area (Å²) in [6.45, 7) is 2.69. The van der Waals surface area contributed by atoms with Crippen LogP contribution in [0.15, 0.2) is 54.3 Å². The van der Waals surface area contributed by atoms with E-state index in [-0.39, 0.29) is 6.54 Å². The first-order chi connectivity index (χ1) is 13.4. The van der Waals surface area contributed by atoms with Crippen molar-refractivity contribution in [3.05, 3.63) is 76.6 Å². The van der Waals surface area contributed by atoms with E-state index in [1.165, 1.54) is 12.1 Å². The summed E-state index contributed by atoms with van der Waals surface area (Å²) in [5, 5.41) is 5.49. The zero-order chi connectivity index (χ0) is 20.1. The van der Waals surface area contributed by atoms with Gasteiger partial charge >= 0.3 is 12.2 Å². The van der Waals surface area contributed by atoms with Gasteiger partial charge in [-0.15, -0.1) is 0 Å². The Morgan fingerprint density at radius 1 is 1.14 bits per heavy atom. The molecule has 0 aromatic heterocycles. The molecule has 0 atom stereocenters. The molecule has 0 saturated carbocycles. The Bertz CT molecular complexity index is 874. The highest BCUT2D eigenvalue weighted by Crippen LogP contribution is 2.29. The van der Waals surface area contributed by atoms with E-state index in [0.717, 1.165) is 29.0 Å². The van der Waals surface area contributed by atoms with Crippen molar-refractivity contribution in [3.8, 4) is 0 Å². The maximum atomic E-state index is 12.6. The molecule has 7 heteroatoms. The van der Waals surface area contributed by atoms with E-state index < -0.39 is 17.8 Å². The van der Waals surface area contributed by atoms with E-state index >= 15 is 0 Å². The van der Waals surface area contributed by atoms with Crippen LogP contribution in [0.5, 0.6) is 0 Å². The molecule has 1 aliphatic carbocycles. The van der Waals surface area contributed by atoms with E-state index in [4.69, 9.17) is 4.74 Å². The predicted octanol–water partition coefficient (Wildman–Crippen LogP) is 5.05. The van der Waals surface area contributed by atoms with Crippen molar-refractivity contribution in [2.24, 2.45) is 0 Å². The number of rotatable bonds is 5. The third-order valence-corrected chi connectivity index (χ3v) is 4.48. The molecule has 28 heavy (non-hydrogen) atoms. The lowest BCUT2D eigenvalue weighted by Gasteiger charge is -2.20. The fourth-order valence-corrected chi connectivity index (χ4v) is 3.09. The van der Waals surface area contributed by atoms with Gasteiger partial charge in [-0.25, -0.2) is 4.79 Å². The summed E-state index contributed by atoms with van der Waals surface area (Å²) in [6.07, 6.45) is -1.00. The van der Waals surface area contributed by atoms with Gasteiger partial charge in [-0.3, -0.25) is 0 Å².